The summed E-state index contributed by atoms with van der Waals surface area (Å²) in [6.45, 7) is 14.9. The number of hydrogen-bond donors (Lipinski definition) is 0. The summed E-state index contributed by atoms with van der Waals surface area (Å²) >= 11 is 0. The minimum absolute atomic E-state index is 0.0388. The molecule has 8 heterocycles. The van der Waals surface area contributed by atoms with E-state index in [4.69, 9.17) is 38.9 Å². The summed E-state index contributed by atoms with van der Waals surface area (Å²) in [4.78, 5) is 52.3. The van der Waals surface area contributed by atoms with E-state index >= 15 is 0 Å². The molecule has 430 valence electrons. The third-order valence-corrected chi connectivity index (χ3v) is 18.6. The monoisotopic (exact) mass is 1130 g/mol. The fraction of sp³-hybridized carbons (Fsp3) is 0.362. The zero-order valence-electron chi connectivity index (χ0n) is 49.4. The lowest BCUT2D eigenvalue weighted by Crippen LogP contribution is -2.41. The molecule has 16 nitrogen and oxygen atoms in total. The van der Waals surface area contributed by atoms with Gasteiger partial charge in [0.2, 0.25) is 0 Å². The van der Waals surface area contributed by atoms with Crippen LogP contribution in [0.4, 0.5) is 0 Å². The SMILES string of the molecule is CC1=NC2(Cc3cccc(-c4cncnc4)c3C2)C(C)O1.CC1=N[C@@]2(Cc3cccc(-c4cncnc4)c3C2)[C@@H](C)O1.CC1=N[C@]2(CCc3c(cccc3-c3cncnc3)C2)CO1.CC1=N[C@]2(CCc3c(cccc3-c3cncnc3)C2)[C@@H](C)O1. The van der Waals surface area contributed by atoms with Crippen LogP contribution in [0.1, 0.15) is 106 Å². The van der Waals surface area contributed by atoms with Gasteiger partial charge in [0.25, 0.3) is 0 Å². The molecule has 0 saturated carbocycles. The molecule has 4 aliphatic heterocycles. The molecule has 0 radical (unpaired) electrons. The van der Waals surface area contributed by atoms with Gasteiger partial charge in [0.15, 0.2) is 23.6 Å². The Kier molecular flexibility index (Phi) is 14.7. The van der Waals surface area contributed by atoms with Crippen LogP contribution in [-0.2, 0) is 70.3 Å². The van der Waals surface area contributed by atoms with Crippen LogP contribution in [0.25, 0.3) is 44.5 Å². The molecule has 0 amide bonds. The molecule has 0 saturated heterocycles. The maximum absolute atomic E-state index is 5.81. The number of aromatic nitrogens is 8. The molecule has 4 aliphatic carbocycles. The molecular formula is C69H70N12O4. The van der Waals surface area contributed by atoms with Gasteiger partial charge in [-0.05, 0) is 113 Å². The molecule has 0 N–H and O–H groups in total. The number of ether oxygens (including phenoxy) is 4. The highest BCUT2D eigenvalue weighted by Gasteiger charge is 2.49. The van der Waals surface area contributed by atoms with Crippen LogP contribution in [0, 0.1) is 0 Å². The molecule has 16 rings (SSSR count). The van der Waals surface area contributed by atoms with E-state index < -0.39 is 0 Å². The molecule has 4 spiro atoms. The fourth-order valence-corrected chi connectivity index (χ4v) is 14.4. The molecule has 85 heavy (non-hydrogen) atoms. The standard InChI is InChI=1S/C18H19N3O.3C17H17N3O/c1-12-18(21-13(2)22-12)7-6-17-14(8-18)4-3-5-16(17)15-9-19-11-20-10-15;2*1-11-17(20-12(2)21-11)6-13-4-3-5-15(16(13)7-17)14-8-18-10-19-9-14;1-12-20-17(10-21-12)6-5-16-13(7-17)3-2-4-15(16)14-8-18-11-19-9-14/h3-5,9-12H,6-8H2,1-2H3;2*3-5,8-11H,6-7H2,1-2H3;2-4,8-9,11H,5-7,10H2,1H3/t12-,18+;11-,17-;;17-/m11.0/s1. The van der Waals surface area contributed by atoms with Gasteiger partial charge in [-0.2, -0.15) is 0 Å². The van der Waals surface area contributed by atoms with Crippen molar-refractivity contribution in [3.63, 3.8) is 0 Å². The minimum atomic E-state index is -0.127. The van der Waals surface area contributed by atoms with Gasteiger partial charge in [-0.3, -0.25) is 0 Å². The Bertz CT molecular complexity index is 3790. The largest absolute Gasteiger partial charge is 0.479 e. The Labute approximate surface area is 496 Å². The Morgan fingerprint density at radius 2 is 0.682 bits per heavy atom. The third-order valence-electron chi connectivity index (χ3n) is 18.6. The summed E-state index contributed by atoms with van der Waals surface area (Å²) in [5.41, 5.74) is 19.9. The van der Waals surface area contributed by atoms with E-state index in [-0.39, 0.29) is 40.5 Å². The van der Waals surface area contributed by atoms with E-state index in [0.29, 0.717) is 0 Å². The fourth-order valence-electron chi connectivity index (χ4n) is 14.4. The van der Waals surface area contributed by atoms with Crippen molar-refractivity contribution in [1.29, 1.82) is 0 Å². The third kappa shape index (κ3) is 10.8. The summed E-state index contributed by atoms with van der Waals surface area (Å²) in [7, 11) is 0. The van der Waals surface area contributed by atoms with Crippen molar-refractivity contribution in [3.8, 4) is 44.5 Å². The van der Waals surface area contributed by atoms with E-state index in [2.05, 4.69) is 133 Å². The first-order valence-electron chi connectivity index (χ1n) is 29.6. The van der Waals surface area contributed by atoms with Crippen LogP contribution >= 0.6 is 0 Å². The molecule has 4 aromatic carbocycles. The highest BCUT2D eigenvalue weighted by molar-refractivity contribution is 5.80. The summed E-state index contributed by atoms with van der Waals surface area (Å²) in [6, 6.07) is 25.9. The summed E-state index contributed by atoms with van der Waals surface area (Å²) in [5.74, 6) is 3.26. The first kappa shape index (κ1) is 55.3. The highest BCUT2D eigenvalue weighted by Crippen LogP contribution is 2.46. The maximum Gasteiger partial charge on any atom is 0.181 e. The number of fused-ring (bicyclic) bond motifs is 4. The lowest BCUT2D eigenvalue weighted by molar-refractivity contribution is 0.141. The number of nitrogens with zero attached hydrogens (tertiary/aromatic N) is 12. The second-order valence-electron chi connectivity index (χ2n) is 24.0. The average Bonchev–Trinajstić information content (AvgIpc) is 2.10. The van der Waals surface area contributed by atoms with Crippen LogP contribution in [0.3, 0.4) is 0 Å². The van der Waals surface area contributed by atoms with Crippen LogP contribution in [0.2, 0.25) is 0 Å². The first-order valence-corrected chi connectivity index (χ1v) is 29.6. The molecule has 8 aliphatic rings. The van der Waals surface area contributed by atoms with Crippen LogP contribution in [-0.4, -0.2) is 111 Å². The smallest absolute Gasteiger partial charge is 0.181 e. The zero-order chi connectivity index (χ0) is 58.3. The number of aliphatic imine (C=N–C) groups is 4. The number of rotatable bonds is 4. The average molecular weight is 1130 g/mol. The van der Waals surface area contributed by atoms with Crippen LogP contribution < -0.4 is 0 Å². The zero-order valence-corrected chi connectivity index (χ0v) is 49.4. The van der Waals surface area contributed by atoms with Crippen molar-refractivity contribution in [2.75, 3.05) is 6.61 Å². The second-order valence-corrected chi connectivity index (χ2v) is 24.0. The molecule has 7 atom stereocenters. The predicted molar refractivity (Wildman–Crippen MR) is 330 cm³/mol. The molecule has 16 heteroatoms. The van der Waals surface area contributed by atoms with Gasteiger partial charge in [-0.15, -0.1) is 0 Å². The second kappa shape index (κ2) is 22.6. The minimum Gasteiger partial charge on any atom is -0.479 e. The molecular weight excluding hydrogens is 1060 g/mol. The highest BCUT2D eigenvalue weighted by atomic mass is 16.5. The van der Waals surface area contributed by atoms with Crippen molar-refractivity contribution in [2.45, 2.75) is 153 Å². The summed E-state index contributed by atoms with van der Waals surface area (Å²) in [5, 5.41) is 0. The van der Waals surface area contributed by atoms with E-state index in [1.165, 1.54) is 66.8 Å². The molecule has 2 unspecified atom stereocenters. The molecule has 0 bridgehead atoms. The number of hydrogen-bond acceptors (Lipinski definition) is 16. The lowest BCUT2D eigenvalue weighted by atomic mass is 9.74. The van der Waals surface area contributed by atoms with Crippen LogP contribution in [0.5, 0.6) is 0 Å². The van der Waals surface area contributed by atoms with Gasteiger partial charge in [0.05, 0.1) is 0 Å². The van der Waals surface area contributed by atoms with E-state index in [1.54, 1.807) is 25.3 Å². The first-order chi connectivity index (χ1) is 41.3. The molecule has 4 aromatic heterocycles. The quantitative estimate of drug-likeness (QED) is 0.162. The normalized spacial score (nSPS) is 25.8. The van der Waals surface area contributed by atoms with Gasteiger partial charge in [-0.25, -0.2) is 59.8 Å². The predicted octanol–water partition coefficient (Wildman–Crippen LogP) is 11.7. The van der Waals surface area contributed by atoms with Crippen molar-refractivity contribution in [1.82, 2.24) is 39.9 Å². The molecule has 8 aromatic rings. The van der Waals surface area contributed by atoms with Gasteiger partial charge in [0, 0.05) is 138 Å². The van der Waals surface area contributed by atoms with Crippen molar-refractivity contribution >= 4 is 23.6 Å². The van der Waals surface area contributed by atoms with Crippen molar-refractivity contribution < 1.29 is 18.9 Å². The molecule has 0 fully saturated rings. The van der Waals surface area contributed by atoms with Crippen LogP contribution in [0.15, 0.2) is 168 Å². The lowest BCUT2D eigenvalue weighted by Gasteiger charge is -2.35. The summed E-state index contributed by atoms with van der Waals surface area (Å²) in [6.07, 6.45) is 31.5. The van der Waals surface area contributed by atoms with E-state index in [9.17, 15) is 0 Å². The van der Waals surface area contributed by atoms with Gasteiger partial charge < -0.3 is 18.9 Å². The van der Waals surface area contributed by atoms with E-state index in [1.807, 2.05) is 77.3 Å². The Morgan fingerprint density at radius 1 is 0.353 bits per heavy atom. The Hall–Kier alpha value is -8.92. The van der Waals surface area contributed by atoms with Gasteiger partial charge in [0.1, 0.15) is 72.4 Å². The van der Waals surface area contributed by atoms with Crippen molar-refractivity contribution in [3.05, 3.63) is 192 Å². The van der Waals surface area contributed by atoms with E-state index in [0.717, 1.165) is 117 Å². The van der Waals surface area contributed by atoms with Crippen molar-refractivity contribution in [2.24, 2.45) is 20.0 Å². The Morgan fingerprint density at radius 3 is 1.04 bits per heavy atom. The maximum atomic E-state index is 5.81. The van der Waals surface area contributed by atoms with Gasteiger partial charge in [-0.1, -0.05) is 72.8 Å². The number of benzene rings is 4. The topological polar surface area (TPSA) is 189 Å². The van der Waals surface area contributed by atoms with Gasteiger partial charge >= 0.3 is 0 Å². The Balaban J connectivity index is 0.000000105. The summed E-state index contributed by atoms with van der Waals surface area (Å²) < 4.78 is 23.0.